The highest BCUT2D eigenvalue weighted by molar-refractivity contribution is 6.20. The maximum absolute atomic E-state index is 9.49. The zero-order chi connectivity index (χ0) is 21.7. The van der Waals surface area contributed by atoms with Crippen LogP contribution in [0.3, 0.4) is 0 Å². The molecule has 0 saturated heterocycles. The summed E-state index contributed by atoms with van der Waals surface area (Å²) in [7, 11) is 0. The summed E-state index contributed by atoms with van der Waals surface area (Å²) >= 11 is 0. The van der Waals surface area contributed by atoms with Crippen LogP contribution in [0.15, 0.2) is 91.0 Å². The van der Waals surface area contributed by atoms with Crippen molar-refractivity contribution in [3.63, 3.8) is 0 Å². The third-order valence-corrected chi connectivity index (χ3v) is 6.47. The lowest BCUT2D eigenvalue weighted by Crippen LogP contribution is -2.12. The van der Waals surface area contributed by atoms with E-state index in [0.717, 1.165) is 12.2 Å². The van der Waals surface area contributed by atoms with Crippen LogP contribution in [-0.4, -0.2) is 17.8 Å². The Morgan fingerprint density at radius 2 is 1.44 bits per heavy atom. The van der Waals surface area contributed by atoms with E-state index in [1.807, 2.05) is 12.1 Å². The van der Waals surface area contributed by atoms with Gasteiger partial charge < -0.3 is 9.84 Å². The summed E-state index contributed by atoms with van der Waals surface area (Å²) in [5, 5.41) is 14.8. The maximum Gasteiger partial charge on any atom is 0.119 e. The molecule has 0 heterocycles. The van der Waals surface area contributed by atoms with Gasteiger partial charge in [0.1, 0.15) is 12.4 Å². The lowest BCUT2D eigenvalue weighted by atomic mass is 9.87. The molecule has 1 unspecified atom stereocenters. The Bertz CT molecular complexity index is 1460. The number of hydrogen-bond acceptors (Lipinski definition) is 2. The zero-order valence-electron chi connectivity index (χ0n) is 18.0. The first-order valence-corrected chi connectivity index (χ1v) is 11.2. The maximum atomic E-state index is 9.49. The smallest absolute Gasteiger partial charge is 0.119 e. The summed E-state index contributed by atoms with van der Waals surface area (Å²) in [5.74, 6) is 0.776. The van der Waals surface area contributed by atoms with Gasteiger partial charge in [0.2, 0.25) is 0 Å². The Morgan fingerprint density at radius 1 is 0.750 bits per heavy atom. The topological polar surface area (TPSA) is 29.5 Å². The third kappa shape index (κ3) is 2.99. The van der Waals surface area contributed by atoms with E-state index in [1.54, 1.807) is 6.92 Å². The molecule has 1 N–H and O–H groups in total. The van der Waals surface area contributed by atoms with Crippen molar-refractivity contribution >= 4 is 21.5 Å². The van der Waals surface area contributed by atoms with Crippen LogP contribution < -0.4 is 4.74 Å². The summed E-state index contributed by atoms with van der Waals surface area (Å²) in [6, 6.07) is 32.5. The van der Waals surface area contributed by atoms with E-state index in [4.69, 9.17) is 4.74 Å². The van der Waals surface area contributed by atoms with Crippen molar-refractivity contribution in [3.8, 4) is 28.0 Å². The van der Waals surface area contributed by atoms with Crippen LogP contribution in [0.25, 0.3) is 43.8 Å². The van der Waals surface area contributed by atoms with Gasteiger partial charge in [-0.15, -0.1) is 0 Å². The molecule has 1 aliphatic rings. The fourth-order valence-corrected chi connectivity index (χ4v) is 5.11. The molecule has 0 radical (unpaired) electrons. The summed E-state index contributed by atoms with van der Waals surface area (Å²) in [5.41, 5.74) is 7.99. The van der Waals surface area contributed by atoms with Crippen LogP contribution in [-0.2, 0) is 6.42 Å². The highest BCUT2D eigenvalue weighted by Crippen LogP contribution is 2.48. The average molecular weight is 417 g/mol. The van der Waals surface area contributed by atoms with Gasteiger partial charge in [-0.25, -0.2) is 0 Å². The molecule has 32 heavy (non-hydrogen) atoms. The fourth-order valence-electron chi connectivity index (χ4n) is 5.11. The Morgan fingerprint density at radius 3 is 2.25 bits per heavy atom. The molecule has 0 saturated carbocycles. The summed E-state index contributed by atoms with van der Waals surface area (Å²) in [6.45, 7) is 2.03. The van der Waals surface area contributed by atoms with Crippen molar-refractivity contribution in [3.05, 3.63) is 102 Å². The van der Waals surface area contributed by atoms with Crippen LogP contribution in [0.4, 0.5) is 0 Å². The minimum absolute atomic E-state index is 0.297. The molecule has 0 spiro atoms. The van der Waals surface area contributed by atoms with Crippen molar-refractivity contribution in [1.82, 2.24) is 0 Å². The monoisotopic (exact) mass is 416 g/mol. The Kier molecular flexibility index (Phi) is 4.48. The summed E-state index contributed by atoms with van der Waals surface area (Å²) in [6.07, 6.45) is 0.477. The Hall–Kier alpha value is -3.62. The van der Waals surface area contributed by atoms with Gasteiger partial charge in [-0.2, -0.15) is 0 Å². The van der Waals surface area contributed by atoms with Gasteiger partial charge in [-0.3, -0.25) is 0 Å². The van der Waals surface area contributed by atoms with E-state index in [0.29, 0.717) is 6.61 Å². The molecule has 2 nitrogen and oxygen atoms in total. The number of benzene rings is 5. The SMILES string of the molecule is CC(O)COc1ccc(-c2cccc3c2c2c(c4ccccc43)-c3ccccc3C2)cc1. The van der Waals surface area contributed by atoms with Crippen LogP contribution in [0.1, 0.15) is 18.1 Å². The molecule has 5 aromatic carbocycles. The van der Waals surface area contributed by atoms with E-state index < -0.39 is 6.10 Å². The molecule has 156 valence electrons. The fraction of sp³-hybridized carbons (Fsp3) is 0.133. The molecule has 0 fully saturated rings. The second-order valence-electron chi connectivity index (χ2n) is 8.65. The first-order valence-electron chi connectivity index (χ1n) is 11.2. The summed E-state index contributed by atoms with van der Waals surface area (Å²) in [4.78, 5) is 0. The van der Waals surface area contributed by atoms with Crippen molar-refractivity contribution in [2.24, 2.45) is 0 Å². The zero-order valence-corrected chi connectivity index (χ0v) is 18.0. The highest BCUT2D eigenvalue weighted by atomic mass is 16.5. The lowest BCUT2D eigenvalue weighted by molar-refractivity contribution is 0.123. The predicted molar refractivity (Wildman–Crippen MR) is 132 cm³/mol. The number of aliphatic hydroxyl groups is 1. The molecule has 0 aliphatic heterocycles. The number of aliphatic hydroxyl groups excluding tert-OH is 1. The quantitative estimate of drug-likeness (QED) is 0.314. The molecule has 1 aliphatic carbocycles. The lowest BCUT2D eigenvalue weighted by Gasteiger charge is -2.16. The molecular formula is C30H24O2. The standard InChI is InChI=1S/C30H24O2/c1-19(31)18-32-22-15-13-20(14-16-22)23-11-6-12-27-25-9-4-5-10-26(25)30-24-8-3-2-7-21(24)17-28(30)29(23)27/h2-16,19,31H,17-18H2,1H3. The predicted octanol–water partition coefficient (Wildman–Crippen LogP) is 6.99. The first kappa shape index (κ1) is 19.1. The molecule has 1 atom stereocenters. The first-order chi connectivity index (χ1) is 15.7. The number of fused-ring (bicyclic) bond motifs is 8. The van der Waals surface area contributed by atoms with E-state index in [9.17, 15) is 5.11 Å². The molecule has 0 aromatic heterocycles. The summed E-state index contributed by atoms with van der Waals surface area (Å²) < 4.78 is 5.67. The van der Waals surface area contributed by atoms with E-state index >= 15 is 0 Å². The third-order valence-electron chi connectivity index (χ3n) is 6.47. The van der Waals surface area contributed by atoms with Crippen LogP contribution >= 0.6 is 0 Å². The molecular weight excluding hydrogens is 392 g/mol. The van der Waals surface area contributed by atoms with Gasteiger partial charge in [-0.1, -0.05) is 78.9 Å². The second-order valence-corrected chi connectivity index (χ2v) is 8.65. The largest absolute Gasteiger partial charge is 0.491 e. The van der Waals surface area contributed by atoms with Gasteiger partial charge in [0, 0.05) is 0 Å². The molecule has 6 rings (SSSR count). The molecule has 0 bridgehead atoms. The number of hydrogen-bond donors (Lipinski definition) is 1. The van der Waals surface area contributed by atoms with Crippen LogP contribution in [0, 0.1) is 0 Å². The van der Waals surface area contributed by atoms with Gasteiger partial charge in [0.05, 0.1) is 6.10 Å². The minimum Gasteiger partial charge on any atom is -0.491 e. The van der Waals surface area contributed by atoms with E-state index in [1.165, 1.54) is 54.9 Å². The second kappa shape index (κ2) is 7.51. The number of rotatable bonds is 4. The van der Waals surface area contributed by atoms with Crippen molar-refractivity contribution in [2.75, 3.05) is 6.61 Å². The average Bonchev–Trinajstić information content (AvgIpc) is 3.23. The normalized spacial score (nSPS) is 13.2. The van der Waals surface area contributed by atoms with Gasteiger partial charge in [0.15, 0.2) is 0 Å². The Labute approximate surface area is 187 Å². The van der Waals surface area contributed by atoms with Crippen LogP contribution in [0.5, 0.6) is 5.75 Å². The highest BCUT2D eigenvalue weighted by Gasteiger charge is 2.25. The van der Waals surface area contributed by atoms with Crippen LogP contribution in [0.2, 0.25) is 0 Å². The molecule has 2 heteroatoms. The van der Waals surface area contributed by atoms with Crippen molar-refractivity contribution in [2.45, 2.75) is 19.4 Å². The van der Waals surface area contributed by atoms with E-state index in [-0.39, 0.29) is 0 Å². The van der Waals surface area contributed by atoms with Gasteiger partial charge in [-0.05, 0) is 80.4 Å². The van der Waals surface area contributed by atoms with Gasteiger partial charge in [0.25, 0.3) is 0 Å². The van der Waals surface area contributed by atoms with Gasteiger partial charge >= 0.3 is 0 Å². The molecule has 0 amide bonds. The Balaban J connectivity index is 1.60. The minimum atomic E-state index is -0.481. The van der Waals surface area contributed by atoms with E-state index in [2.05, 4.69) is 78.9 Å². The molecule has 5 aromatic rings. The van der Waals surface area contributed by atoms with Crippen molar-refractivity contribution in [1.29, 1.82) is 0 Å². The van der Waals surface area contributed by atoms with Crippen molar-refractivity contribution < 1.29 is 9.84 Å². The number of ether oxygens (including phenoxy) is 1.